The first-order valence-corrected chi connectivity index (χ1v) is 8.16. The number of fused-ring (bicyclic) bond motifs is 2. The third-order valence-corrected chi connectivity index (χ3v) is 4.52. The molecule has 2 aromatic carbocycles. The summed E-state index contributed by atoms with van der Waals surface area (Å²) >= 11 is 0. The zero-order valence-corrected chi connectivity index (χ0v) is 14.5. The second-order valence-electron chi connectivity index (χ2n) is 6.33. The van der Waals surface area contributed by atoms with E-state index in [1.54, 1.807) is 37.3 Å². The van der Waals surface area contributed by atoms with Crippen LogP contribution in [-0.2, 0) is 9.53 Å². The average Bonchev–Trinajstić information content (AvgIpc) is 2.60. The summed E-state index contributed by atoms with van der Waals surface area (Å²) in [5.41, 5.74) is 1.82. The van der Waals surface area contributed by atoms with Gasteiger partial charge in [0.25, 0.3) is 0 Å². The van der Waals surface area contributed by atoms with Gasteiger partial charge in [0, 0.05) is 35.1 Å². The zero-order valence-electron chi connectivity index (χ0n) is 14.5. The van der Waals surface area contributed by atoms with E-state index in [9.17, 15) is 19.5 Å². The number of hydrogen-bond acceptors (Lipinski definition) is 5. The Balaban J connectivity index is 2.13. The Labute approximate surface area is 150 Å². The van der Waals surface area contributed by atoms with Crippen LogP contribution in [0.25, 0.3) is 0 Å². The Morgan fingerprint density at radius 3 is 2.23 bits per heavy atom. The summed E-state index contributed by atoms with van der Waals surface area (Å²) in [6, 6.07) is 9.65. The molecule has 1 aliphatic carbocycles. The molecular formula is C21H18O5. The Kier molecular flexibility index (Phi) is 4.47. The molecule has 0 bridgehead atoms. The predicted molar refractivity (Wildman–Crippen MR) is 95.6 cm³/mol. The van der Waals surface area contributed by atoms with Crippen molar-refractivity contribution < 1.29 is 24.2 Å². The van der Waals surface area contributed by atoms with Gasteiger partial charge in [0.2, 0.25) is 0 Å². The van der Waals surface area contributed by atoms with E-state index in [-0.39, 0.29) is 34.8 Å². The first kappa shape index (κ1) is 17.6. The molecule has 0 aliphatic heterocycles. The van der Waals surface area contributed by atoms with E-state index in [4.69, 9.17) is 4.74 Å². The average molecular weight is 350 g/mol. The topological polar surface area (TPSA) is 80.7 Å². The van der Waals surface area contributed by atoms with Crippen molar-refractivity contribution in [2.24, 2.45) is 0 Å². The summed E-state index contributed by atoms with van der Waals surface area (Å²) in [5, 5.41) is 10.8. The maximum atomic E-state index is 12.9. The SMILES string of the molecule is C=C(C)C(COC(C)=O)c1ccc2c(c1O)C(=O)c1ccccc1C2=O. The number of aromatic hydroxyl groups is 1. The molecule has 0 spiro atoms. The molecular weight excluding hydrogens is 332 g/mol. The third-order valence-electron chi connectivity index (χ3n) is 4.52. The predicted octanol–water partition coefficient (Wildman–Crippen LogP) is 3.39. The van der Waals surface area contributed by atoms with E-state index in [1.165, 1.54) is 13.0 Å². The first-order chi connectivity index (χ1) is 12.3. The largest absolute Gasteiger partial charge is 0.507 e. The fourth-order valence-electron chi connectivity index (χ4n) is 3.16. The molecule has 3 rings (SSSR count). The number of phenols is 1. The van der Waals surface area contributed by atoms with Gasteiger partial charge >= 0.3 is 5.97 Å². The maximum absolute atomic E-state index is 12.9. The highest BCUT2D eigenvalue weighted by Gasteiger charge is 2.34. The van der Waals surface area contributed by atoms with Gasteiger partial charge in [0.15, 0.2) is 11.6 Å². The highest BCUT2D eigenvalue weighted by molar-refractivity contribution is 6.29. The smallest absolute Gasteiger partial charge is 0.302 e. The van der Waals surface area contributed by atoms with E-state index in [2.05, 4.69) is 6.58 Å². The van der Waals surface area contributed by atoms with Gasteiger partial charge in [-0.15, -0.1) is 0 Å². The lowest BCUT2D eigenvalue weighted by Gasteiger charge is -2.23. The molecule has 0 radical (unpaired) electrons. The molecule has 0 aromatic heterocycles. The third kappa shape index (κ3) is 2.81. The standard InChI is InChI=1S/C21H18O5/c1-11(2)17(10-26-12(3)22)15-8-9-16-18(21(15)25)20(24)14-7-5-4-6-13(14)19(16)23/h4-9,17,25H,1,10H2,2-3H3. The van der Waals surface area contributed by atoms with Crippen LogP contribution >= 0.6 is 0 Å². The summed E-state index contributed by atoms with van der Waals surface area (Å²) in [7, 11) is 0. The highest BCUT2D eigenvalue weighted by atomic mass is 16.5. The van der Waals surface area contributed by atoms with Crippen LogP contribution < -0.4 is 0 Å². The maximum Gasteiger partial charge on any atom is 0.302 e. The Morgan fingerprint density at radius 1 is 1.04 bits per heavy atom. The summed E-state index contributed by atoms with van der Waals surface area (Å²) in [6.45, 7) is 6.91. The van der Waals surface area contributed by atoms with Gasteiger partial charge in [0.1, 0.15) is 12.4 Å². The molecule has 5 heteroatoms. The number of ether oxygens (including phenoxy) is 1. The number of carbonyl (C=O) groups is 3. The lowest BCUT2D eigenvalue weighted by atomic mass is 9.80. The molecule has 0 amide bonds. The van der Waals surface area contributed by atoms with Crippen LogP contribution in [0.5, 0.6) is 5.75 Å². The van der Waals surface area contributed by atoms with Crippen molar-refractivity contribution in [3.63, 3.8) is 0 Å². The fourth-order valence-corrected chi connectivity index (χ4v) is 3.16. The Bertz CT molecular complexity index is 955. The van der Waals surface area contributed by atoms with Crippen molar-refractivity contribution in [1.29, 1.82) is 0 Å². The van der Waals surface area contributed by atoms with Gasteiger partial charge in [-0.2, -0.15) is 0 Å². The van der Waals surface area contributed by atoms with Gasteiger partial charge in [-0.1, -0.05) is 42.5 Å². The van der Waals surface area contributed by atoms with Crippen LogP contribution in [0.1, 0.15) is 57.2 Å². The number of carbonyl (C=O) groups excluding carboxylic acids is 3. The molecule has 1 aliphatic rings. The monoisotopic (exact) mass is 350 g/mol. The van der Waals surface area contributed by atoms with Gasteiger partial charge in [-0.3, -0.25) is 14.4 Å². The molecule has 1 unspecified atom stereocenters. The number of esters is 1. The first-order valence-electron chi connectivity index (χ1n) is 8.16. The molecule has 132 valence electrons. The van der Waals surface area contributed by atoms with E-state index >= 15 is 0 Å². The second-order valence-corrected chi connectivity index (χ2v) is 6.33. The molecule has 1 N–H and O–H groups in total. The lowest BCUT2D eigenvalue weighted by Crippen LogP contribution is -2.22. The van der Waals surface area contributed by atoms with Crippen LogP contribution in [-0.4, -0.2) is 29.2 Å². The van der Waals surface area contributed by atoms with Crippen LogP contribution in [0.15, 0.2) is 48.6 Å². The number of benzene rings is 2. The van der Waals surface area contributed by atoms with Crippen molar-refractivity contribution >= 4 is 17.5 Å². The summed E-state index contributed by atoms with van der Waals surface area (Å²) < 4.78 is 5.06. The summed E-state index contributed by atoms with van der Waals surface area (Å²) in [6.07, 6.45) is 0. The molecule has 0 heterocycles. The summed E-state index contributed by atoms with van der Waals surface area (Å²) in [4.78, 5) is 36.7. The van der Waals surface area contributed by atoms with E-state index in [1.807, 2.05) is 0 Å². The number of hydrogen-bond donors (Lipinski definition) is 1. The van der Waals surface area contributed by atoms with Gasteiger partial charge in [0.05, 0.1) is 5.56 Å². The van der Waals surface area contributed by atoms with Crippen molar-refractivity contribution in [3.05, 3.63) is 76.4 Å². The summed E-state index contributed by atoms with van der Waals surface area (Å²) in [5.74, 6) is -1.90. The molecule has 5 nitrogen and oxygen atoms in total. The second kappa shape index (κ2) is 6.59. The van der Waals surface area contributed by atoms with E-state index < -0.39 is 17.7 Å². The lowest BCUT2D eigenvalue weighted by molar-refractivity contribution is -0.141. The van der Waals surface area contributed by atoms with Crippen molar-refractivity contribution in [1.82, 2.24) is 0 Å². The van der Waals surface area contributed by atoms with Crippen molar-refractivity contribution in [3.8, 4) is 5.75 Å². The van der Waals surface area contributed by atoms with Gasteiger partial charge in [-0.05, 0) is 13.0 Å². The van der Waals surface area contributed by atoms with Crippen LogP contribution in [0.2, 0.25) is 0 Å². The zero-order chi connectivity index (χ0) is 19.0. The number of rotatable bonds is 4. The van der Waals surface area contributed by atoms with E-state index in [0.717, 1.165) is 0 Å². The highest BCUT2D eigenvalue weighted by Crippen LogP contribution is 2.39. The number of ketones is 2. The quantitative estimate of drug-likeness (QED) is 0.576. The molecule has 2 aromatic rings. The van der Waals surface area contributed by atoms with Crippen molar-refractivity contribution in [2.45, 2.75) is 19.8 Å². The minimum atomic E-state index is -0.482. The Morgan fingerprint density at radius 2 is 1.65 bits per heavy atom. The number of phenolic OH excluding ortho intramolecular Hbond substituents is 1. The fraction of sp³-hybridized carbons (Fsp3) is 0.190. The normalized spacial score (nSPS) is 13.6. The van der Waals surface area contributed by atoms with Crippen LogP contribution in [0.3, 0.4) is 0 Å². The van der Waals surface area contributed by atoms with Crippen LogP contribution in [0, 0.1) is 0 Å². The minimum absolute atomic E-state index is 0.00423. The molecule has 0 saturated carbocycles. The molecule has 0 saturated heterocycles. The molecule has 0 fully saturated rings. The van der Waals surface area contributed by atoms with Crippen molar-refractivity contribution in [2.75, 3.05) is 6.61 Å². The molecule has 26 heavy (non-hydrogen) atoms. The van der Waals surface area contributed by atoms with Gasteiger partial charge < -0.3 is 9.84 Å². The van der Waals surface area contributed by atoms with Gasteiger partial charge in [-0.25, -0.2) is 0 Å². The molecule has 1 atom stereocenters. The van der Waals surface area contributed by atoms with E-state index in [0.29, 0.717) is 16.7 Å². The minimum Gasteiger partial charge on any atom is -0.507 e. The Hall–Kier alpha value is -3.21. The van der Waals surface area contributed by atoms with Crippen LogP contribution in [0.4, 0.5) is 0 Å².